The van der Waals surface area contributed by atoms with Crippen LogP contribution in [0, 0.1) is 0 Å². The molecule has 0 atom stereocenters. The first-order valence-electron chi connectivity index (χ1n) is 6.25. The van der Waals surface area contributed by atoms with E-state index in [9.17, 15) is 13.2 Å². The van der Waals surface area contributed by atoms with Gasteiger partial charge in [-0.1, -0.05) is 0 Å². The number of anilines is 3. The smallest absolute Gasteiger partial charge is 0.261 e. The molecule has 0 saturated carbocycles. The zero-order valence-electron chi connectivity index (χ0n) is 11.0. The summed E-state index contributed by atoms with van der Waals surface area (Å²) >= 11 is 0. The molecule has 0 aliphatic carbocycles. The lowest BCUT2D eigenvalue weighted by Gasteiger charge is -2.09. The Morgan fingerprint density at radius 2 is 1.81 bits per heavy atom. The van der Waals surface area contributed by atoms with E-state index in [1.54, 1.807) is 18.2 Å². The fourth-order valence-corrected chi connectivity index (χ4v) is 3.20. The van der Waals surface area contributed by atoms with Crippen molar-refractivity contribution in [3.8, 4) is 0 Å². The van der Waals surface area contributed by atoms with Crippen LogP contribution < -0.4 is 15.8 Å². The number of sulfonamides is 1. The molecule has 0 unspecified atom stereocenters. The maximum Gasteiger partial charge on any atom is 0.261 e. The first-order chi connectivity index (χ1) is 9.94. The van der Waals surface area contributed by atoms with E-state index < -0.39 is 10.0 Å². The Balaban J connectivity index is 1.88. The molecule has 7 heteroatoms. The summed E-state index contributed by atoms with van der Waals surface area (Å²) in [5.74, 6) is -0.0939. The third-order valence-corrected chi connectivity index (χ3v) is 4.57. The van der Waals surface area contributed by atoms with E-state index in [-0.39, 0.29) is 17.2 Å². The summed E-state index contributed by atoms with van der Waals surface area (Å²) in [4.78, 5) is 11.4. The van der Waals surface area contributed by atoms with E-state index >= 15 is 0 Å². The van der Waals surface area contributed by atoms with Crippen LogP contribution in [0.3, 0.4) is 0 Å². The van der Waals surface area contributed by atoms with Crippen LogP contribution >= 0.6 is 0 Å². The van der Waals surface area contributed by atoms with Gasteiger partial charge >= 0.3 is 0 Å². The minimum Gasteiger partial charge on any atom is -0.399 e. The topological polar surface area (TPSA) is 101 Å². The van der Waals surface area contributed by atoms with Crippen molar-refractivity contribution in [2.24, 2.45) is 0 Å². The molecule has 1 heterocycles. The maximum absolute atomic E-state index is 12.2. The number of carbonyl (C=O) groups is 1. The van der Waals surface area contributed by atoms with Crippen LogP contribution in [-0.4, -0.2) is 14.3 Å². The summed E-state index contributed by atoms with van der Waals surface area (Å²) < 4.78 is 27.0. The van der Waals surface area contributed by atoms with Crippen LogP contribution in [-0.2, 0) is 21.2 Å². The molecule has 1 aliphatic rings. The Bertz CT molecular complexity index is 814. The number of nitrogen functional groups attached to an aromatic ring is 1. The highest BCUT2D eigenvalue weighted by molar-refractivity contribution is 7.92. The second-order valence-electron chi connectivity index (χ2n) is 4.77. The molecule has 1 aliphatic heterocycles. The first-order valence-corrected chi connectivity index (χ1v) is 7.73. The molecule has 108 valence electrons. The van der Waals surface area contributed by atoms with Crippen molar-refractivity contribution < 1.29 is 13.2 Å². The van der Waals surface area contributed by atoms with Gasteiger partial charge in [0.15, 0.2) is 0 Å². The molecule has 0 bridgehead atoms. The summed E-state index contributed by atoms with van der Waals surface area (Å²) in [5.41, 5.74) is 7.95. The molecule has 0 fully saturated rings. The van der Waals surface area contributed by atoms with Crippen molar-refractivity contribution in [2.75, 3.05) is 15.8 Å². The molecule has 3 rings (SSSR count). The zero-order valence-corrected chi connectivity index (χ0v) is 11.8. The number of rotatable bonds is 3. The van der Waals surface area contributed by atoms with Gasteiger partial charge in [-0.3, -0.25) is 9.52 Å². The molecule has 4 N–H and O–H groups in total. The van der Waals surface area contributed by atoms with Crippen molar-refractivity contribution in [1.82, 2.24) is 0 Å². The molecule has 0 spiro atoms. The van der Waals surface area contributed by atoms with Crippen molar-refractivity contribution in [3.63, 3.8) is 0 Å². The van der Waals surface area contributed by atoms with Gasteiger partial charge in [-0.25, -0.2) is 8.42 Å². The lowest BCUT2D eigenvalue weighted by molar-refractivity contribution is -0.115. The third-order valence-electron chi connectivity index (χ3n) is 3.17. The minimum atomic E-state index is -3.67. The van der Waals surface area contributed by atoms with Gasteiger partial charge in [-0.05, 0) is 48.0 Å². The molecule has 0 saturated heterocycles. The molecule has 6 nitrogen and oxygen atoms in total. The lowest BCUT2D eigenvalue weighted by atomic mass is 10.1. The third kappa shape index (κ3) is 2.68. The predicted molar refractivity (Wildman–Crippen MR) is 80.4 cm³/mol. The van der Waals surface area contributed by atoms with Gasteiger partial charge in [-0.2, -0.15) is 0 Å². The molecule has 21 heavy (non-hydrogen) atoms. The Morgan fingerprint density at radius 1 is 1.10 bits per heavy atom. The van der Waals surface area contributed by atoms with E-state index in [4.69, 9.17) is 5.73 Å². The molecule has 1 amide bonds. The Morgan fingerprint density at radius 3 is 2.52 bits per heavy atom. The van der Waals surface area contributed by atoms with E-state index in [1.165, 1.54) is 24.3 Å². The minimum absolute atomic E-state index is 0.0939. The predicted octanol–water partition coefficient (Wildman–Crippen LogP) is 1.56. The van der Waals surface area contributed by atoms with Gasteiger partial charge in [0.25, 0.3) is 10.0 Å². The summed E-state index contributed by atoms with van der Waals surface area (Å²) in [7, 11) is -3.67. The van der Waals surface area contributed by atoms with Gasteiger partial charge in [0.1, 0.15) is 0 Å². The number of amides is 1. The fraction of sp³-hybridized carbons (Fsp3) is 0.0714. The van der Waals surface area contributed by atoms with Crippen LogP contribution in [0.2, 0.25) is 0 Å². The average molecular weight is 303 g/mol. The number of fused-ring (bicyclic) bond motifs is 1. The number of carbonyl (C=O) groups excluding carboxylic acids is 1. The van der Waals surface area contributed by atoms with Crippen LogP contribution in [0.4, 0.5) is 17.1 Å². The summed E-state index contributed by atoms with van der Waals surface area (Å²) in [5, 5.41) is 2.70. The number of hydrogen-bond acceptors (Lipinski definition) is 4. The second kappa shape index (κ2) is 4.78. The van der Waals surface area contributed by atoms with Crippen molar-refractivity contribution >= 4 is 33.0 Å². The van der Waals surface area contributed by atoms with Gasteiger partial charge in [0, 0.05) is 17.1 Å². The Labute approximate surface area is 122 Å². The van der Waals surface area contributed by atoms with E-state index in [1.807, 2.05) is 0 Å². The highest BCUT2D eigenvalue weighted by Crippen LogP contribution is 2.27. The second-order valence-corrected chi connectivity index (χ2v) is 6.45. The molecule has 2 aromatic carbocycles. The summed E-state index contributed by atoms with van der Waals surface area (Å²) in [6.45, 7) is 0. The Kier molecular flexibility index (Phi) is 3.06. The van der Waals surface area contributed by atoms with Crippen molar-refractivity contribution in [2.45, 2.75) is 11.3 Å². The van der Waals surface area contributed by atoms with Gasteiger partial charge in [0.2, 0.25) is 5.91 Å². The maximum atomic E-state index is 12.2. The molecule has 0 radical (unpaired) electrons. The van der Waals surface area contributed by atoms with E-state index in [2.05, 4.69) is 10.0 Å². The van der Waals surface area contributed by atoms with Crippen LogP contribution in [0.1, 0.15) is 5.56 Å². The lowest BCUT2D eigenvalue weighted by Crippen LogP contribution is -2.13. The van der Waals surface area contributed by atoms with Crippen LogP contribution in [0.15, 0.2) is 47.4 Å². The number of nitrogens with two attached hydrogens (primary N) is 1. The van der Waals surface area contributed by atoms with Crippen LogP contribution in [0.5, 0.6) is 0 Å². The number of hydrogen-bond donors (Lipinski definition) is 3. The monoisotopic (exact) mass is 303 g/mol. The van der Waals surface area contributed by atoms with Gasteiger partial charge < -0.3 is 11.1 Å². The van der Waals surface area contributed by atoms with E-state index in [0.29, 0.717) is 11.4 Å². The summed E-state index contributed by atoms with van der Waals surface area (Å²) in [6, 6.07) is 10.9. The number of nitrogens with one attached hydrogen (secondary N) is 2. The highest BCUT2D eigenvalue weighted by atomic mass is 32.2. The standard InChI is InChI=1S/C14H13N3O3S/c15-10-1-4-12(5-2-10)21(19,20)17-11-3-6-13-9(7-11)8-14(18)16-13/h1-7,17H,8,15H2,(H,16,18). The molecular weight excluding hydrogens is 290 g/mol. The van der Waals surface area contributed by atoms with E-state index in [0.717, 1.165) is 11.3 Å². The largest absolute Gasteiger partial charge is 0.399 e. The molecule has 0 aromatic heterocycles. The molecule has 2 aromatic rings. The number of benzene rings is 2. The van der Waals surface area contributed by atoms with Crippen molar-refractivity contribution in [3.05, 3.63) is 48.0 Å². The fourth-order valence-electron chi connectivity index (χ4n) is 2.15. The summed E-state index contributed by atoms with van der Waals surface area (Å²) in [6.07, 6.45) is 0.257. The van der Waals surface area contributed by atoms with Gasteiger partial charge in [0.05, 0.1) is 11.3 Å². The quantitative estimate of drug-likeness (QED) is 0.749. The average Bonchev–Trinajstić information content (AvgIpc) is 2.78. The van der Waals surface area contributed by atoms with Gasteiger partial charge in [-0.15, -0.1) is 0 Å². The normalized spacial score (nSPS) is 13.6. The zero-order chi connectivity index (χ0) is 15.0. The molecular formula is C14H13N3O3S. The first kappa shape index (κ1) is 13.4. The SMILES string of the molecule is Nc1ccc(S(=O)(=O)Nc2ccc3c(c2)CC(=O)N3)cc1. The van der Waals surface area contributed by atoms with Crippen LogP contribution in [0.25, 0.3) is 0 Å². The highest BCUT2D eigenvalue weighted by Gasteiger charge is 2.19. The Hall–Kier alpha value is -2.54. The van der Waals surface area contributed by atoms with Crippen molar-refractivity contribution in [1.29, 1.82) is 0 Å².